The molecule has 1 fully saturated rings. The van der Waals surface area contributed by atoms with Crippen molar-refractivity contribution in [3.63, 3.8) is 0 Å². The predicted molar refractivity (Wildman–Crippen MR) is 78.2 cm³/mol. The van der Waals surface area contributed by atoms with E-state index in [1.165, 1.54) is 0 Å². The van der Waals surface area contributed by atoms with Crippen LogP contribution in [0, 0.1) is 0 Å². The van der Waals surface area contributed by atoms with E-state index in [0.717, 1.165) is 52.4 Å². The number of nitrogens with zero attached hydrogens (tertiary/aromatic N) is 1. The molecule has 0 amide bonds. The normalized spacial score (nSPS) is 22.8. The standard InChI is InChI=1S/C8H19N4.4CH3O.Ti/c1-2-10-5-6-12-8-7-11-4-3-9-1;4*1-2;/h9-11H,1-8H2;4*1H3;/q5*-1;+5. The third-order valence-corrected chi connectivity index (χ3v) is 10.5. The van der Waals surface area contributed by atoms with Gasteiger partial charge >= 0.3 is 131 Å². The van der Waals surface area contributed by atoms with Crippen LogP contribution < -0.4 is 16.0 Å². The van der Waals surface area contributed by atoms with Gasteiger partial charge in [-0.1, -0.05) is 0 Å². The molecular weight excluding hydrogens is 312 g/mol. The Labute approximate surface area is 130 Å². The predicted octanol–water partition coefficient (Wildman–Crippen LogP) is -1.08. The molecule has 0 aliphatic carbocycles. The van der Waals surface area contributed by atoms with E-state index in [0.29, 0.717) is 0 Å². The fourth-order valence-corrected chi connectivity index (χ4v) is 7.31. The van der Waals surface area contributed by atoms with Crippen LogP contribution in [0.15, 0.2) is 0 Å². The van der Waals surface area contributed by atoms with E-state index < -0.39 is 17.1 Å². The summed E-state index contributed by atoms with van der Waals surface area (Å²) in [5.74, 6) is 0. The Morgan fingerprint density at radius 1 is 0.619 bits per heavy atom. The van der Waals surface area contributed by atoms with Crippen molar-refractivity contribution in [2.45, 2.75) is 0 Å². The van der Waals surface area contributed by atoms with Crippen LogP contribution in [0.3, 0.4) is 0 Å². The Kier molecular flexibility index (Phi) is 8.81. The van der Waals surface area contributed by atoms with Gasteiger partial charge in [0.05, 0.1) is 0 Å². The molecule has 0 bridgehead atoms. The van der Waals surface area contributed by atoms with Crippen LogP contribution >= 0.6 is 0 Å². The summed E-state index contributed by atoms with van der Waals surface area (Å²) >= 11 is -4.50. The summed E-state index contributed by atoms with van der Waals surface area (Å²) in [6.07, 6.45) is 0. The van der Waals surface area contributed by atoms with E-state index in [4.69, 9.17) is 13.3 Å². The molecule has 3 N–H and O–H groups in total. The van der Waals surface area contributed by atoms with Crippen molar-refractivity contribution >= 4 is 0 Å². The van der Waals surface area contributed by atoms with E-state index in [2.05, 4.69) is 19.3 Å². The summed E-state index contributed by atoms with van der Waals surface area (Å²) in [4.78, 5) is 0. The zero-order chi connectivity index (χ0) is 15.6. The van der Waals surface area contributed by atoms with Crippen LogP contribution in [0.5, 0.6) is 0 Å². The Hall–Kier alpha value is 0.394. The first-order valence-corrected chi connectivity index (χ1v) is 10.7. The maximum absolute atomic E-state index is 5.72. The monoisotopic (exact) mass is 343 g/mol. The summed E-state index contributed by atoms with van der Waals surface area (Å²) in [6.45, 7) is 6.89. The SMILES string of the molecule is C[O][Ti]([O]C)([O]C)([O]C)[N]1CCNCCNCCNCC1. The van der Waals surface area contributed by atoms with Crippen LogP contribution in [0.1, 0.15) is 0 Å². The molecule has 0 radical (unpaired) electrons. The van der Waals surface area contributed by atoms with Crippen molar-refractivity contribution < 1.29 is 30.4 Å². The van der Waals surface area contributed by atoms with Gasteiger partial charge in [-0.3, -0.25) is 0 Å². The molecule has 0 unspecified atom stereocenters. The summed E-state index contributed by atoms with van der Waals surface area (Å²) in [7, 11) is 6.37. The van der Waals surface area contributed by atoms with Crippen LogP contribution in [0.2, 0.25) is 0 Å². The van der Waals surface area contributed by atoms with E-state index in [-0.39, 0.29) is 0 Å². The fourth-order valence-electron chi connectivity index (χ4n) is 2.65. The van der Waals surface area contributed by atoms with Crippen LogP contribution in [-0.4, -0.2) is 84.2 Å². The number of nitrogens with one attached hydrogen (secondary N) is 3. The zero-order valence-corrected chi connectivity index (χ0v) is 15.3. The van der Waals surface area contributed by atoms with E-state index in [9.17, 15) is 0 Å². The molecule has 21 heavy (non-hydrogen) atoms. The third kappa shape index (κ3) is 4.68. The van der Waals surface area contributed by atoms with Gasteiger partial charge in [0.1, 0.15) is 0 Å². The fraction of sp³-hybridized carbons (Fsp3) is 1.00. The van der Waals surface area contributed by atoms with E-state index >= 15 is 0 Å². The molecule has 0 spiro atoms. The number of hydrogen-bond acceptors (Lipinski definition) is 8. The second kappa shape index (κ2) is 9.51. The van der Waals surface area contributed by atoms with Gasteiger partial charge in [0.2, 0.25) is 0 Å². The van der Waals surface area contributed by atoms with Crippen molar-refractivity contribution in [1.29, 1.82) is 0 Å². The zero-order valence-electron chi connectivity index (χ0n) is 13.7. The second-order valence-electron chi connectivity index (χ2n) is 4.92. The van der Waals surface area contributed by atoms with Crippen molar-refractivity contribution in [3.05, 3.63) is 0 Å². The van der Waals surface area contributed by atoms with Crippen LogP contribution in [0.25, 0.3) is 0 Å². The molecule has 1 aliphatic rings. The third-order valence-electron chi connectivity index (χ3n) is 3.96. The van der Waals surface area contributed by atoms with E-state index in [1.807, 2.05) is 0 Å². The average molecular weight is 343 g/mol. The van der Waals surface area contributed by atoms with Crippen LogP contribution in [-0.2, 0) is 30.4 Å². The molecule has 1 heterocycles. The summed E-state index contributed by atoms with van der Waals surface area (Å²) < 4.78 is 25.0. The Bertz CT molecular complexity index is 259. The van der Waals surface area contributed by atoms with Gasteiger partial charge in [0, 0.05) is 0 Å². The van der Waals surface area contributed by atoms with Crippen molar-refractivity contribution in [1.82, 2.24) is 19.3 Å². The van der Waals surface area contributed by atoms with Crippen molar-refractivity contribution in [2.75, 3.05) is 80.8 Å². The Morgan fingerprint density at radius 3 is 1.29 bits per heavy atom. The van der Waals surface area contributed by atoms with E-state index in [1.54, 1.807) is 28.4 Å². The molecule has 0 aromatic heterocycles. The first-order chi connectivity index (χ1) is 10.2. The van der Waals surface area contributed by atoms with Gasteiger partial charge in [0.25, 0.3) is 0 Å². The van der Waals surface area contributed by atoms with Gasteiger partial charge in [-0.2, -0.15) is 0 Å². The van der Waals surface area contributed by atoms with Gasteiger partial charge in [-0.25, -0.2) is 0 Å². The Morgan fingerprint density at radius 2 is 0.952 bits per heavy atom. The minimum absolute atomic E-state index is 0.738. The molecule has 1 aliphatic heterocycles. The maximum atomic E-state index is 5.72. The first-order valence-electron chi connectivity index (χ1n) is 7.43. The van der Waals surface area contributed by atoms with Gasteiger partial charge < -0.3 is 0 Å². The van der Waals surface area contributed by atoms with Gasteiger partial charge in [0.15, 0.2) is 0 Å². The molecule has 0 aromatic carbocycles. The molecule has 1 saturated heterocycles. The average Bonchev–Trinajstić information content (AvgIpc) is 2.52. The molecule has 1 rings (SSSR count). The van der Waals surface area contributed by atoms with Gasteiger partial charge in [-0.05, 0) is 0 Å². The number of hydrogen-bond donors (Lipinski definition) is 3. The molecule has 127 valence electrons. The second-order valence-corrected chi connectivity index (χ2v) is 11.2. The molecule has 0 aromatic rings. The summed E-state index contributed by atoms with van der Waals surface area (Å²) in [5, 5.41) is 10.2. The van der Waals surface area contributed by atoms with Crippen molar-refractivity contribution in [3.8, 4) is 0 Å². The molecule has 0 atom stereocenters. The topological polar surface area (TPSA) is 76.2 Å². The quantitative estimate of drug-likeness (QED) is 0.545. The summed E-state index contributed by atoms with van der Waals surface area (Å²) in [6, 6.07) is 0. The van der Waals surface area contributed by atoms with Crippen molar-refractivity contribution in [2.24, 2.45) is 0 Å². The Balaban J connectivity index is 2.84. The van der Waals surface area contributed by atoms with Crippen LogP contribution in [0.4, 0.5) is 0 Å². The first kappa shape index (κ1) is 19.4. The molecule has 8 nitrogen and oxygen atoms in total. The molecular formula is C12H31N4O4Ti. The molecule has 9 heteroatoms. The molecule has 0 saturated carbocycles. The number of rotatable bonds is 5. The van der Waals surface area contributed by atoms with Gasteiger partial charge in [-0.15, -0.1) is 0 Å². The summed E-state index contributed by atoms with van der Waals surface area (Å²) in [5.41, 5.74) is 0. The minimum atomic E-state index is -4.50.